The second kappa shape index (κ2) is 11.7. The zero-order valence-electron chi connectivity index (χ0n) is 19.4. The highest BCUT2D eigenvalue weighted by Gasteiger charge is 2.21. The summed E-state index contributed by atoms with van der Waals surface area (Å²) < 4.78 is 0. The Labute approximate surface area is 211 Å². The Morgan fingerprint density at radius 1 is 1.00 bits per heavy atom. The summed E-state index contributed by atoms with van der Waals surface area (Å²) in [7, 11) is 0. The highest BCUT2D eigenvalue weighted by Crippen LogP contribution is 2.33. The zero-order valence-corrected chi connectivity index (χ0v) is 20.9. The van der Waals surface area contributed by atoms with Crippen LogP contribution in [-0.2, 0) is 0 Å². The minimum atomic E-state index is -0.0354. The Hall–Kier alpha value is -2.60. The van der Waals surface area contributed by atoms with E-state index < -0.39 is 0 Å². The van der Waals surface area contributed by atoms with Gasteiger partial charge in [-0.05, 0) is 48.7 Å². The highest BCUT2D eigenvalue weighted by atomic mass is 35.5. The van der Waals surface area contributed by atoms with Crippen molar-refractivity contribution < 1.29 is 4.79 Å². The number of benzene rings is 2. The number of aromatic nitrogens is 1. The molecule has 3 aromatic rings. The van der Waals surface area contributed by atoms with Crippen molar-refractivity contribution in [2.75, 3.05) is 44.2 Å². The monoisotopic (exact) mass is 496 g/mol. The topological polar surface area (TPSA) is 48.5 Å². The van der Waals surface area contributed by atoms with E-state index in [1.807, 2.05) is 60.7 Å². The number of anilines is 1. The molecule has 2 aromatic carbocycles. The number of hydrogen-bond donors (Lipinski definition) is 1. The Morgan fingerprint density at radius 2 is 1.76 bits per heavy atom. The first-order valence-corrected chi connectivity index (χ1v) is 12.5. The molecular weight excluding hydrogens is 467 g/mol. The van der Waals surface area contributed by atoms with E-state index in [9.17, 15) is 4.79 Å². The average Bonchev–Trinajstić information content (AvgIpc) is 2.87. The molecule has 0 bridgehead atoms. The first-order chi connectivity index (χ1) is 16.5. The Bertz CT molecular complexity index is 1080. The third-order valence-electron chi connectivity index (χ3n) is 6.24. The summed E-state index contributed by atoms with van der Waals surface area (Å²) in [5, 5.41) is 4.29. The highest BCUT2D eigenvalue weighted by molar-refractivity contribution is 6.43. The molecular formula is C27H30Cl2N4O. The van der Waals surface area contributed by atoms with Crippen LogP contribution in [0.3, 0.4) is 0 Å². The van der Waals surface area contributed by atoms with E-state index in [1.54, 1.807) is 6.20 Å². The van der Waals surface area contributed by atoms with Gasteiger partial charge in [0, 0.05) is 56.6 Å². The molecule has 1 aromatic heterocycles. The van der Waals surface area contributed by atoms with E-state index in [2.05, 4.69) is 27.0 Å². The first-order valence-electron chi connectivity index (χ1n) is 11.7. The lowest BCUT2D eigenvalue weighted by atomic mass is 10.1. The fourth-order valence-corrected chi connectivity index (χ4v) is 4.72. The van der Waals surface area contributed by atoms with Crippen molar-refractivity contribution in [3.63, 3.8) is 0 Å². The van der Waals surface area contributed by atoms with Crippen molar-refractivity contribution in [2.24, 2.45) is 5.92 Å². The summed E-state index contributed by atoms with van der Waals surface area (Å²) in [6.45, 7) is 7.76. The SMILES string of the molecule is CC(CCNC(=O)c1ccc(-c2ccccn2)cc1)CN1CCN(c2cccc(Cl)c2Cl)CC1. The summed E-state index contributed by atoms with van der Waals surface area (Å²) >= 11 is 12.6. The molecule has 0 aliphatic carbocycles. The number of pyridine rings is 1. The van der Waals surface area contributed by atoms with Crippen molar-refractivity contribution >= 4 is 34.8 Å². The van der Waals surface area contributed by atoms with Crippen LogP contribution in [0.25, 0.3) is 11.3 Å². The van der Waals surface area contributed by atoms with Gasteiger partial charge in [-0.25, -0.2) is 0 Å². The van der Waals surface area contributed by atoms with Gasteiger partial charge in [0.25, 0.3) is 5.91 Å². The number of carbonyl (C=O) groups excluding carboxylic acids is 1. The minimum absolute atomic E-state index is 0.0354. The van der Waals surface area contributed by atoms with Gasteiger partial charge in [-0.2, -0.15) is 0 Å². The van der Waals surface area contributed by atoms with Crippen LogP contribution in [0.5, 0.6) is 0 Å². The summed E-state index contributed by atoms with van der Waals surface area (Å²) in [6, 6.07) is 19.2. The van der Waals surface area contributed by atoms with Gasteiger partial charge >= 0.3 is 0 Å². The van der Waals surface area contributed by atoms with E-state index in [0.717, 1.165) is 56.1 Å². The number of nitrogens with one attached hydrogen (secondary N) is 1. The Kier molecular flexibility index (Phi) is 8.44. The molecule has 1 aliphatic rings. The van der Waals surface area contributed by atoms with Gasteiger partial charge in [0.15, 0.2) is 0 Å². The van der Waals surface area contributed by atoms with Gasteiger partial charge in [-0.3, -0.25) is 14.7 Å². The smallest absolute Gasteiger partial charge is 0.251 e. The van der Waals surface area contributed by atoms with Crippen molar-refractivity contribution in [3.05, 3.63) is 82.5 Å². The molecule has 1 aliphatic heterocycles. The van der Waals surface area contributed by atoms with Crippen LogP contribution in [0.15, 0.2) is 66.9 Å². The first kappa shape index (κ1) is 24.5. The second-order valence-corrected chi connectivity index (χ2v) is 9.59. The lowest BCUT2D eigenvalue weighted by Crippen LogP contribution is -2.47. The number of rotatable bonds is 8. The van der Waals surface area contributed by atoms with Crippen LogP contribution in [0.2, 0.25) is 10.0 Å². The quantitative estimate of drug-likeness (QED) is 0.438. The number of hydrogen-bond acceptors (Lipinski definition) is 4. The van der Waals surface area contributed by atoms with Gasteiger partial charge in [-0.1, -0.05) is 54.4 Å². The second-order valence-electron chi connectivity index (χ2n) is 8.80. The standard InChI is InChI=1S/C27H30Cl2N4O/c1-20(19-32-15-17-33(18-16-32)25-7-4-5-23(28)26(25)29)12-14-31-27(34)22-10-8-21(9-11-22)24-6-2-3-13-30-24/h2-11,13,20H,12,14-19H2,1H3,(H,31,34). The minimum Gasteiger partial charge on any atom is -0.368 e. The van der Waals surface area contributed by atoms with E-state index >= 15 is 0 Å². The maximum Gasteiger partial charge on any atom is 0.251 e. The molecule has 0 spiro atoms. The van der Waals surface area contributed by atoms with Crippen LogP contribution in [0.4, 0.5) is 5.69 Å². The third-order valence-corrected chi connectivity index (χ3v) is 7.05. The molecule has 4 rings (SSSR count). The maximum atomic E-state index is 12.5. The molecule has 0 saturated carbocycles. The predicted molar refractivity (Wildman–Crippen MR) is 141 cm³/mol. The van der Waals surface area contributed by atoms with Gasteiger partial charge < -0.3 is 10.2 Å². The Balaban J connectivity index is 1.18. The van der Waals surface area contributed by atoms with Crippen molar-refractivity contribution in [2.45, 2.75) is 13.3 Å². The molecule has 1 unspecified atom stereocenters. The van der Waals surface area contributed by atoms with Crippen molar-refractivity contribution in [3.8, 4) is 11.3 Å². The van der Waals surface area contributed by atoms with E-state index in [-0.39, 0.29) is 5.91 Å². The van der Waals surface area contributed by atoms with Crippen LogP contribution >= 0.6 is 23.2 Å². The number of piperazine rings is 1. The normalized spacial score (nSPS) is 15.2. The fraction of sp³-hybridized carbons (Fsp3) is 0.333. The van der Waals surface area contributed by atoms with Crippen molar-refractivity contribution in [1.29, 1.82) is 0 Å². The third kappa shape index (κ3) is 6.29. The Morgan fingerprint density at radius 3 is 2.47 bits per heavy atom. The summed E-state index contributed by atoms with van der Waals surface area (Å²) in [4.78, 5) is 21.7. The zero-order chi connectivity index (χ0) is 23.9. The lowest BCUT2D eigenvalue weighted by molar-refractivity contribution is 0.0950. The number of nitrogens with zero attached hydrogens (tertiary/aromatic N) is 3. The molecule has 5 nitrogen and oxygen atoms in total. The van der Waals surface area contributed by atoms with E-state index in [1.165, 1.54) is 0 Å². The molecule has 34 heavy (non-hydrogen) atoms. The molecule has 1 amide bonds. The van der Waals surface area contributed by atoms with Crippen LogP contribution in [0, 0.1) is 5.92 Å². The van der Waals surface area contributed by atoms with Crippen LogP contribution in [0.1, 0.15) is 23.7 Å². The van der Waals surface area contributed by atoms with Crippen LogP contribution < -0.4 is 10.2 Å². The summed E-state index contributed by atoms with van der Waals surface area (Å²) in [5.41, 5.74) is 3.59. The number of amides is 1. The molecule has 7 heteroatoms. The van der Waals surface area contributed by atoms with Gasteiger partial charge in [0.2, 0.25) is 0 Å². The molecule has 178 valence electrons. The summed E-state index contributed by atoms with van der Waals surface area (Å²) in [5.74, 6) is 0.458. The molecule has 0 radical (unpaired) electrons. The van der Waals surface area contributed by atoms with Gasteiger partial charge in [-0.15, -0.1) is 0 Å². The number of carbonyl (C=O) groups is 1. The predicted octanol–water partition coefficient (Wildman–Crippen LogP) is 5.63. The molecule has 1 fully saturated rings. The van der Waals surface area contributed by atoms with Crippen molar-refractivity contribution in [1.82, 2.24) is 15.2 Å². The maximum absolute atomic E-state index is 12.5. The van der Waals surface area contributed by atoms with Gasteiger partial charge in [0.05, 0.1) is 21.4 Å². The largest absolute Gasteiger partial charge is 0.368 e. The fourth-order valence-electron chi connectivity index (χ4n) is 4.30. The average molecular weight is 497 g/mol. The van der Waals surface area contributed by atoms with E-state index in [4.69, 9.17) is 23.2 Å². The van der Waals surface area contributed by atoms with Gasteiger partial charge in [0.1, 0.15) is 0 Å². The molecule has 1 N–H and O–H groups in total. The van der Waals surface area contributed by atoms with E-state index in [0.29, 0.717) is 28.1 Å². The summed E-state index contributed by atoms with van der Waals surface area (Å²) in [6.07, 6.45) is 2.71. The number of halogens is 2. The molecule has 2 heterocycles. The molecule has 1 saturated heterocycles. The lowest BCUT2D eigenvalue weighted by Gasteiger charge is -2.37. The van der Waals surface area contributed by atoms with Crippen LogP contribution in [-0.4, -0.2) is 55.1 Å². The molecule has 1 atom stereocenters.